The highest BCUT2D eigenvalue weighted by molar-refractivity contribution is 6.30. The molecule has 0 bridgehead atoms. The lowest BCUT2D eigenvalue weighted by Gasteiger charge is -2.50. The van der Waals surface area contributed by atoms with Crippen molar-refractivity contribution in [3.63, 3.8) is 0 Å². The average Bonchev–Trinajstić information content (AvgIpc) is 3.46. The molecular formula is C38H37ClFN3O6. The third-order valence-electron chi connectivity index (χ3n) is 10.5. The van der Waals surface area contributed by atoms with E-state index in [-0.39, 0.29) is 31.4 Å². The van der Waals surface area contributed by atoms with E-state index < -0.39 is 58.2 Å². The molecule has 2 heterocycles. The molecule has 0 unspecified atom stereocenters. The quantitative estimate of drug-likeness (QED) is 0.245. The van der Waals surface area contributed by atoms with Crippen LogP contribution in [0.4, 0.5) is 10.1 Å². The van der Waals surface area contributed by atoms with Crippen molar-refractivity contribution in [3.05, 3.63) is 106 Å². The molecule has 9 nitrogen and oxygen atoms in total. The number of amides is 4. The van der Waals surface area contributed by atoms with Gasteiger partial charge in [0.1, 0.15) is 18.2 Å². The number of allylic oxidation sites excluding steroid dienone is 2. The molecule has 4 amide bonds. The lowest BCUT2D eigenvalue weighted by Crippen LogP contribution is -2.53. The van der Waals surface area contributed by atoms with Crippen molar-refractivity contribution in [2.45, 2.75) is 50.5 Å². The summed E-state index contributed by atoms with van der Waals surface area (Å²) in [7, 11) is 0. The number of imide groups is 2. The van der Waals surface area contributed by atoms with Crippen molar-refractivity contribution >= 4 is 40.9 Å². The van der Waals surface area contributed by atoms with Crippen molar-refractivity contribution in [2.24, 2.45) is 23.7 Å². The van der Waals surface area contributed by atoms with Crippen LogP contribution in [0.3, 0.4) is 0 Å². The summed E-state index contributed by atoms with van der Waals surface area (Å²) in [5.41, 5.74) is 2.96. The largest absolute Gasteiger partial charge is 0.491 e. The van der Waals surface area contributed by atoms with Crippen molar-refractivity contribution in [3.8, 4) is 5.75 Å². The summed E-state index contributed by atoms with van der Waals surface area (Å²) in [6.07, 6.45) is 2.41. The molecule has 49 heavy (non-hydrogen) atoms. The second-order valence-electron chi connectivity index (χ2n) is 14.2. The summed E-state index contributed by atoms with van der Waals surface area (Å²) in [6, 6.07) is 19.4. The van der Waals surface area contributed by atoms with Gasteiger partial charge in [0, 0.05) is 22.0 Å². The summed E-state index contributed by atoms with van der Waals surface area (Å²) in [5, 5.41) is 11.1. The number of likely N-dealkylation sites (tertiary alicyclic amines) is 1. The summed E-state index contributed by atoms with van der Waals surface area (Å²) < 4.78 is 19.9. The van der Waals surface area contributed by atoms with Crippen LogP contribution >= 0.6 is 11.6 Å². The Morgan fingerprint density at radius 1 is 0.939 bits per heavy atom. The molecule has 2 aliphatic carbocycles. The molecule has 3 aromatic rings. The van der Waals surface area contributed by atoms with Crippen molar-refractivity contribution in [2.75, 3.05) is 18.6 Å². The number of ether oxygens (including phenoxy) is 1. The molecule has 11 heteroatoms. The van der Waals surface area contributed by atoms with Gasteiger partial charge in [-0.25, -0.2) is 4.39 Å². The van der Waals surface area contributed by atoms with E-state index >= 15 is 4.79 Å². The number of hydrogen-bond acceptors (Lipinski definition) is 7. The third kappa shape index (κ3) is 5.06. The lowest BCUT2D eigenvalue weighted by atomic mass is 9.49. The molecule has 3 fully saturated rings. The summed E-state index contributed by atoms with van der Waals surface area (Å²) in [6.45, 7) is 5.24. The van der Waals surface area contributed by atoms with E-state index in [4.69, 9.17) is 16.3 Å². The highest BCUT2D eigenvalue weighted by Crippen LogP contribution is 2.65. The van der Waals surface area contributed by atoms with Crippen LogP contribution in [0.1, 0.15) is 50.7 Å². The number of nitrogens with one attached hydrogen (secondary N) is 1. The topological polar surface area (TPSA) is 116 Å². The van der Waals surface area contributed by atoms with Crippen LogP contribution in [-0.2, 0) is 24.6 Å². The van der Waals surface area contributed by atoms with Crippen molar-refractivity contribution < 1.29 is 33.4 Å². The molecule has 254 valence electrons. The van der Waals surface area contributed by atoms with Crippen LogP contribution in [0.5, 0.6) is 5.75 Å². The first-order valence-corrected chi connectivity index (χ1v) is 16.8. The van der Waals surface area contributed by atoms with Crippen LogP contribution in [-0.4, -0.2) is 57.4 Å². The number of halogens is 2. The summed E-state index contributed by atoms with van der Waals surface area (Å²) in [4.78, 5) is 59.4. The van der Waals surface area contributed by atoms with E-state index in [0.29, 0.717) is 34.0 Å². The molecule has 0 aromatic heterocycles. The van der Waals surface area contributed by atoms with Gasteiger partial charge in [-0.2, -0.15) is 5.01 Å². The monoisotopic (exact) mass is 685 g/mol. The van der Waals surface area contributed by atoms with Crippen LogP contribution < -0.4 is 10.2 Å². The number of rotatable bonds is 7. The number of aliphatic hydroxyl groups is 1. The van der Waals surface area contributed by atoms with Crippen LogP contribution in [0.15, 0.2) is 84.4 Å². The number of carbonyl (C=O) groups is 4. The Morgan fingerprint density at radius 2 is 1.63 bits per heavy atom. The average molecular weight is 686 g/mol. The summed E-state index contributed by atoms with van der Waals surface area (Å²) >= 11 is 6.36. The molecule has 7 rings (SSSR count). The fourth-order valence-corrected chi connectivity index (χ4v) is 8.79. The Balaban J connectivity index is 1.47. The van der Waals surface area contributed by atoms with E-state index in [1.807, 2.05) is 39.0 Å². The van der Waals surface area contributed by atoms with Crippen molar-refractivity contribution in [1.29, 1.82) is 0 Å². The lowest BCUT2D eigenvalue weighted by molar-refractivity contribution is -0.146. The van der Waals surface area contributed by atoms with Gasteiger partial charge >= 0.3 is 0 Å². The number of benzene rings is 3. The van der Waals surface area contributed by atoms with Gasteiger partial charge in [0.05, 0.1) is 35.5 Å². The molecule has 6 atom stereocenters. The first-order valence-electron chi connectivity index (χ1n) is 16.5. The maximum absolute atomic E-state index is 15.2. The second kappa shape index (κ2) is 12.1. The third-order valence-corrected chi connectivity index (χ3v) is 10.8. The van der Waals surface area contributed by atoms with Crippen LogP contribution in [0.25, 0.3) is 0 Å². The van der Waals surface area contributed by atoms with E-state index in [9.17, 15) is 23.9 Å². The van der Waals surface area contributed by atoms with Gasteiger partial charge in [0.15, 0.2) is 0 Å². The zero-order valence-corrected chi connectivity index (χ0v) is 28.1. The Kier molecular flexibility index (Phi) is 8.15. The highest BCUT2D eigenvalue weighted by atomic mass is 35.5. The zero-order valence-electron chi connectivity index (χ0n) is 27.4. The molecule has 2 N–H and O–H groups in total. The second-order valence-corrected chi connectivity index (χ2v) is 14.6. The number of nitrogens with zero attached hydrogens (tertiary/aromatic N) is 2. The molecule has 1 saturated carbocycles. The molecular weight excluding hydrogens is 649 g/mol. The number of fused-ring (bicyclic) bond motifs is 4. The van der Waals surface area contributed by atoms with Gasteiger partial charge in [-0.3, -0.25) is 29.5 Å². The number of carbonyl (C=O) groups excluding carboxylic acids is 4. The standard InChI is InChI=1S/C38H37ClFN3O6/c1-37(2,3)42-33(45)27-17-16-25-28(31(27)35(42)47)20-29-34(46)43(41-24-14-12-23(40)13-15-24)36(48)38(29,21-8-10-22(39)11-9-21)32(25)26-6-4-5-7-30(26)49-19-18-44/h4-16,27-29,31-32,41,44H,17-20H2,1-3H3/t27-,28+,29-,31-,32+,38+/m0/s1. The Morgan fingerprint density at radius 3 is 2.31 bits per heavy atom. The molecule has 3 aromatic carbocycles. The fraction of sp³-hybridized carbons (Fsp3) is 0.368. The number of para-hydroxylation sites is 1. The van der Waals surface area contributed by atoms with Gasteiger partial charge in [-0.15, -0.1) is 0 Å². The van der Waals surface area contributed by atoms with Crippen molar-refractivity contribution in [1.82, 2.24) is 9.91 Å². The van der Waals surface area contributed by atoms with Crippen LogP contribution in [0.2, 0.25) is 5.02 Å². The zero-order chi connectivity index (χ0) is 34.8. The molecule has 4 aliphatic rings. The molecule has 2 saturated heterocycles. The molecule has 2 aliphatic heterocycles. The van der Waals surface area contributed by atoms with E-state index in [0.717, 1.165) is 10.6 Å². The Labute approximate surface area is 288 Å². The molecule has 0 radical (unpaired) electrons. The van der Waals surface area contributed by atoms with E-state index in [1.54, 1.807) is 36.4 Å². The number of anilines is 1. The number of hydrogen-bond donors (Lipinski definition) is 2. The number of aliphatic hydroxyl groups excluding tert-OH is 1. The Hall–Kier alpha value is -4.54. The predicted octanol–water partition coefficient (Wildman–Crippen LogP) is 5.63. The maximum Gasteiger partial charge on any atom is 0.260 e. The van der Waals surface area contributed by atoms with Gasteiger partial charge in [-0.05, 0) is 87.6 Å². The number of hydrazine groups is 1. The van der Waals surface area contributed by atoms with Gasteiger partial charge < -0.3 is 9.84 Å². The normalized spacial score (nSPS) is 27.9. The minimum absolute atomic E-state index is 0.00701. The summed E-state index contributed by atoms with van der Waals surface area (Å²) in [5.74, 6) is -5.22. The van der Waals surface area contributed by atoms with Gasteiger partial charge in [0.2, 0.25) is 11.8 Å². The Bertz CT molecular complexity index is 1870. The van der Waals surface area contributed by atoms with E-state index in [2.05, 4.69) is 5.43 Å². The first-order chi connectivity index (χ1) is 23.4. The fourth-order valence-electron chi connectivity index (χ4n) is 8.67. The maximum atomic E-state index is 15.2. The minimum Gasteiger partial charge on any atom is -0.491 e. The predicted molar refractivity (Wildman–Crippen MR) is 180 cm³/mol. The first kappa shape index (κ1) is 33.0. The van der Waals surface area contributed by atoms with E-state index in [1.165, 1.54) is 29.2 Å². The highest BCUT2D eigenvalue weighted by Gasteiger charge is 2.71. The van der Waals surface area contributed by atoms with Gasteiger partial charge in [0.25, 0.3) is 11.8 Å². The SMILES string of the molecule is CC(C)(C)N1C(=O)[C@H]2[C@H](CC=C3[C@H]2C[C@H]2C(=O)N(Nc4ccc(F)cc4)C(=O)[C@@]2(c2ccc(Cl)cc2)[C@H]3c2ccccc2OCCO)C1=O. The minimum atomic E-state index is -1.53. The molecule has 0 spiro atoms. The smallest absolute Gasteiger partial charge is 0.260 e. The van der Waals surface area contributed by atoms with Crippen LogP contribution in [0, 0.1) is 29.5 Å². The van der Waals surface area contributed by atoms with Gasteiger partial charge in [-0.1, -0.05) is 53.6 Å².